The van der Waals surface area contributed by atoms with Crippen molar-refractivity contribution in [2.45, 2.75) is 18.7 Å². The summed E-state index contributed by atoms with van der Waals surface area (Å²) in [4.78, 5) is 23.9. The van der Waals surface area contributed by atoms with Crippen molar-refractivity contribution < 1.29 is 18.0 Å². The van der Waals surface area contributed by atoms with Gasteiger partial charge in [0.15, 0.2) is 0 Å². The lowest BCUT2D eigenvalue weighted by Gasteiger charge is -2.11. The third-order valence-corrected chi connectivity index (χ3v) is 5.84. The molecule has 0 aromatic heterocycles. The number of anilines is 2. The SMILES string of the molecule is Cc1ccc(NS(=O)(=O)c2cccc(C(=O)Nc3ccc(C(N)=O)c(C)c3)c2)cc1. The Bertz CT molecular complexity index is 1220. The Morgan fingerprint density at radius 2 is 1.53 bits per heavy atom. The molecule has 8 heteroatoms. The van der Waals surface area contributed by atoms with Crippen LogP contribution in [-0.4, -0.2) is 20.2 Å². The highest BCUT2D eigenvalue weighted by Crippen LogP contribution is 2.19. The molecule has 0 spiro atoms. The lowest BCUT2D eigenvalue weighted by molar-refractivity contribution is 0.0997. The van der Waals surface area contributed by atoms with E-state index in [9.17, 15) is 18.0 Å². The molecule has 0 saturated heterocycles. The van der Waals surface area contributed by atoms with E-state index in [1.807, 2.05) is 6.92 Å². The minimum atomic E-state index is -3.86. The number of sulfonamides is 1. The van der Waals surface area contributed by atoms with Crippen molar-refractivity contribution in [2.75, 3.05) is 10.0 Å². The fourth-order valence-electron chi connectivity index (χ4n) is 2.86. The van der Waals surface area contributed by atoms with Gasteiger partial charge in [0.1, 0.15) is 0 Å². The number of carbonyl (C=O) groups is 2. The maximum absolute atomic E-state index is 12.7. The van der Waals surface area contributed by atoms with Gasteiger partial charge < -0.3 is 11.1 Å². The van der Waals surface area contributed by atoms with Crippen LogP contribution in [0.4, 0.5) is 11.4 Å². The minimum Gasteiger partial charge on any atom is -0.366 e. The van der Waals surface area contributed by atoms with Gasteiger partial charge in [0.2, 0.25) is 5.91 Å². The van der Waals surface area contributed by atoms with Crippen molar-refractivity contribution in [1.29, 1.82) is 0 Å². The van der Waals surface area contributed by atoms with E-state index in [1.54, 1.807) is 43.3 Å². The normalized spacial score (nSPS) is 11.0. The molecule has 0 aliphatic carbocycles. The van der Waals surface area contributed by atoms with E-state index in [1.165, 1.54) is 30.3 Å². The van der Waals surface area contributed by atoms with Crippen molar-refractivity contribution in [2.24, 2.45) is 5.73 Å². The van der Waals surface area contributed by atoms with Gasteiger partial charge >= 0.3 is 0 Å². The number of aryl methyl sites for hydroxylation is 2. The van der Waals surface area contributed by atoms with Gasteiger partial charge in [0.25, 0.3) is 15.9 Å². The average Bonchev–Trinajstić information content (AvgIpc) is 2.69. The smallest absolute Gasteiger partial charge is 0.261 e. The number of nitrogens with two attached hydrogens (primary N) is 1. The number of nitrogens with one attached hydrogen (secondary N) is 2. The highest BCUT2D eigenvalue weighted by atomic mass is 32.2. The van der Waals surface area contributed by atoms with Gasteiger partial charge in [0, 0.05) is 22.5 Å². The quantitative estimate of drug-likeness (QED) is 0.563. The number of benzene rings is 3. The maximum Gasteiger partial charge on any atom is 0.261 e. The third-order valence-electron chi connectivity index (χ3n) is 4.46. The molecule has 0 aliphatic heterocycles. The van der Waals surface area contributed by atoms with E-state index >= 15 is 0 Å². The van der Waals surface area contributed by atoms with Crippen molar-refractivity contribution >= 4 is 33.2 Å². The van der Waals surface area contributed by atoms with Crippen molar-refractivity contribution in [1.82, 2.24) is 0 Å². The first-order valence-corrected chi connectivity index (χ1v) is 10.6. The second kappa shape index (κ2) is 8.38. The van der Waals surface area contributed by atoms with Crippen LogP contribution in [0.3, 0.4) is 0 Å². The standard InChI is InChI=1S/C22H21N3O4S/c1-14-6-8-17(9-7-14)25-30(28,29)19-5-3-4-16(13-19)22(27)24-18-10-11-20(21(23)26)15(2)12-18/h3-13,25H,1-2H3,(H2,23,26)(H,24,27). The zero-order chi connectivity index (χ0) is 21.9. The molecule has 2 amide bonds. The first-order valence-electron chi connectivity index (χ1n) is 9.07. The Morgan fingerprint density at radius 1 is 0.867 bits per heavy atom. The Hall–Kier alpha value is -3.65. The van der Waals surface area contributed by atoms with E-state index < -0.39 is 21.8 Å². The molecule has 4 N–H and O–H groups in total. The first-order chi connectivity index (χ1) is 14.2. The summed E-state index contributed by atoms with van der Waals surface area (Å²) in [7, 11) is -3.86. The monoisotopic (exact) mass is 423 g/mol. The van der Waals surface area contributed by atoms with Gasteiger partial charge in [-0.2, -0.15) is 0 Å². The van der Waals surface area contributed by atoms with Crippen molar-refractivity contribution in [3.8, 4) is 0 Å². The van der Waals surface area contributed by atoms with Gasteiger partial charge in [-0.25, -0.2) is 8.42 Å². The van der Waals surface area contributed by atoms with Crippen LogP contribution in [-0.2, 0) is 10.0 Å². The maximum atomic E-state index is 12.7. The van der Waals surface area contributed by atoms with E-state index in [4.69, 9.17) is 5.73 Å². The summed E-state index contributed by atoms with van der Waals surface area (Å²) in [6, 6.07) is 17.4. The summed E-state index contributed by atoms with van der Waals surface area (Å²) in [5.41, 5.74) is 8.36. The van der Waals surface area contributed by atoms with Crippen molar-refractivity contribution in [3.63, 3.8) is 0 Å². The summed E-state index contributed by atoms with van der Waals surface area (Å²) in [6.07, 6.45) is 0. The van der Waals surface area contributed by atoms with Gasteiger partial charge in [-0.1, -0.05) is 23.8 Å². The summed E-state index contributed by atoms with van der Waals surface area (Å²) in [6.45, 7) is 3.61. The van der Waals surface area contributed by atoms with Crippen LogP contribution in [0.1, 0.15) is 31.8 Å². The zero-order valence-corrected chi connectivity index (χ0v) is 17.3. The molecule has 0 radical (unpaired) electrons. The Labute approximate surface area is 175 Å². The number of hydrogen-bond donors (Lipinski definition) is 3. The number of amides is 2. The molecule has 0 saturated carbocycles. The lowest BCUT2D eigenvalue weighted by atomic mass is 10.1. The Morgan fingerprint density at radius 3 is 2.17 bits per heavy atom. The number of primary amides is 1. The van der Waals surface area contributed by atoms with Crippen LogP contribution in [0.5, 0.6) is 0 Å². The summed E-state index contributed by atoms with van der Waals surface area (Å²) in [5.74, 6) is -1.03. The molecule has 0 bridgehead atoms. The van der Waals surface area contributed by atoms with Gasteiger partial charge in [-0.15, -0.1) is 0 Å². The zero-order valence-electron chi connectivity index (χ0n) is 16.5. The van der Waals surface area contributed by atoms with E-state index in [0.29, 0.717) is 22.5 Å². The Kier molecular flexibility index (Phi) is 5.89. The summed E-state index contributed by atoms with van der Waals surface area (Å²) >= 11 is 0. The molecule has 30 heavy (non-hydrogen) atoms. The second-order valence-electron chi connectivity index (χ2n) is 6.85. The highest BCUT2D eigenvalue weighted by molar-refractivity contribution is 7.92. The van der Waals surface area contributed by atoms with Crippen LogP contribution in [0.25, 0.3) is 0 Å². The average molecular weight is 423 g/mol. The fraction of sp³-hybridized carbons (Fsp3) is 0.0909. The van der Waals surface area contributed by atoms with Crippen LogP contribution in [0.15, 0.2) is 71.6 Å². The van der Waals surface area contributed by atoms with Gasteiger partial charge in [-0.05, 0) is 67.9 Å². The predicted molar refractivity (Wildman–Crippen MR) is 116 cm³/mol. The van der Waals surface area contributed by atoms with Gasteiger partial charge in [0.05, 0.1) is 4.90 Å². The largest absolute Gasteiger partial charge is 0.366 e. The van der Waals surface area contributed by atoms with Gasteiger partial charge in [-0.3, -0.25) is 14.3 Å². The molecule has 3 rings (SSSR count). The molecular formula is C22H21N3O4S. The van der Waals surface area contributed by atoms with Crippen LogP contribution in [0, 0.1) is 13.8 Å². The third kappa shape index (κ3) is 4.84. The molecule has 0 fully saturated rings. The second-order valence-corrected chi connectivity index (χ2v) is 8.53. The molecule has 7 nitrogen and oxygen atoms in total. The molecule has 0 unspecified atom stereocenters. The lowest BCUT2D eigenvalue weighted by Crippen LogP contribution is -2.16. The summed E-state index contributed by atoms with van der Waals surface area (Å²) < 4.78 is 27.9. The molecular weight excluding hydrogens is 402 g/mol. The molecule has 0 heterocycles. The van der Waals surface area contributed by atoms with Crippen LogP contribution < -0.4 is 15.8 Å². The van der Waals surface area contributed by atoms with E-state index in [0.717, 1.165) is 5.56 Å². The number of carbonyl (C=O) groups excluding carboxylic acids is 2. The highest BCUT2D eigenvalue weighted by Gasteiger charge is 2.17. The van der Waals surface area contributed by atoms with E-state index in [2.05, 4.69) is 10.0 Å². The number of rotatable bonds is 6. The van der Waals surface area contributed by atoms with Crippen LogP contribution >= 0.6 is 0 Å². The number of hydrogen-bond acceptors (Lipinski definition) is 4. The molecule has 0 atom stereocenters. The molecule has 3 aromatic rings. The van der Waals surface area contributed by atoms with Crippen LogP contribution in [0.2, 0.25) is 0 Å². The topological polar surface area (TPSA) is 118 Å². The Balaban J connectivity index is 1.80. The molecule has 154 valence electrons. The van der Waals surface area contributed by atoms with Crippen molar-refractivity contribution in [3.05, 3.63) is 89.0 Å². The molecule has 3 aromatic carbocycles. The molecule has 0 aliphatic rings. The summed E-state index contributed by atoms with van der Waals surface area (Å²) in [5, 5.41) is 2.69. The predicted octanol–water partition coefficient (Wildman–Crippen LogP) is 3.46. The first kappa shape index (κ1) is 21.1. The fourth-order valence-corrected chi connectivity index (χ4v) is 3.97. The minimum absolute atomic E-state index is 0.0315. The van der Waals surface area contributed by atoms with E-state index in [-0.39, 0.29) is 10.5 Å².